The van der Waals surface area contributed by atoms with E-state index in [1.54, 1.807) is 31.4 Å². The molecule has 2 aromatic rings. The van der Waals surface area contributed by atoms with E-state index < -0.39 is 10.0 Å². The third kappa shape index (κ3) is 6.99. The van der Waals surface area contributed by atoms with Crippen LogP contribution < -0.4 is 14.8 Å². The maximum atomic E-state index is 12.9. The fourth-order valence-corrected chi connectivity index (χ4v) is 6.66. The fourth-order valence-electron chi connectivity index (χ4n) is 5.61. The zero-order valence-corrected chi connectivity index (χ0v) is 23.7. The van der Waals surface area contributed by atoms with Crippen molar-refractivity contribution in [1.29, 1.82) is 0 Å². The largest absolute Gasteiger partial charge is 0.497 e. The van der Waals surface area contributed by atoms with Gasteiger partial charge in [-0.3, -0.25) is 4.72 Å². The van der Waals surface area contributed by atoms with Crippen molar-refractivity contribution < 1.29 is 17.9 Å². The van der Waals surface area contributed by atoms with Crippen LogP contribution in [0.25, 0.3) is 0 Å². The highest BCUT2D eigenvalue weighted by molar-refractivity contribution is 7.92. The number of rotatable bonds is 10. The first kappa shape index (κ1) is 28.2. The molecule has 1 atom stereocenters. The summed E-state index contributed by atoms with van der Waals surface area (Å²) in [6.45, 7) is 8.70. The number of benzene rings is 2. The summed E-state index contributed by atoms with van der Waals surface area (Å²) in [5.41, 5.74) is 3.12. The normalized spacial score (nSPS) is 18.2. The quantitative estimate of drug-likeness (QED) is 0.461. The first-order valence-corrected chi connectivity index (χ1v) is 15.4. The lowest BCUT2D eigenvalue weighted by atomic mass is 9.86. The average molecular weight is 543 g/mol. The molecule has 0 radical (unpaired) electrons. The van der Waals surface area contributed by atoms with Crippen LogP contribution >= 0.6 is 0 Å². The Labute approximate surface area is 227 Å². The number of piperidine rings is 1. The maximum Gasteiger partial charge on any atom is 0.317 e. The maximum absolute atomic E-state index is 12.9. The number of ether oxygens (including phenoxy) is 1. The lowest BCUT2D eigenvalue weighted by molar-refractivity contribution is 0.121. The van der Waals surface area contributed by atoms with Gasteiger partial charge in [0.25, 0.3) is 10.0 Å². The van der Waals surface area contributed by atoms with E-state index in [-0.39, 0.29) is 10.9 Å². The Bertz CT molecular complexity index is 1180. The van der Waals surface area contributed by atoms with Gasteiger partial charge >= 0.3 is 6.03 Å². The summed E-state index contributed by atoms with van der Waals surface area (Å²) in [4.78, 5) is 17.0. The molecule has 9 heteroatoms. The summed E-state index contributed by atoms with van der Waals surface area (Å²) in [7, 11) is -2.13. The fraction of sp³-hybridized carbons (Fsp3) is 0.552. The highest BCUT2D eigenvalue weighted by Crippen LogP contribution is 2.30. The molecule has 1 aliphatic carbocycles. The Balaban J connectivity index is 1.36. The number of anilines is 1. The second-order valence-corrected chi connectivity index (χ2v) is 12.1. The highest BCUT2D eigenvalue weighted by atomic mass is 32.2. The molecule has 1 fully saturated rings. The van der Waals surface area contributed by atoms with E-state index in [2.05, 4.69) is 34.9 Å². The molecule has 1 saturated heterocycles. The number of aryl methyl sites for hydroxylation is 1. The van der Waals surface area contributed by atoms with Crippen molar-refractivity contribution in [3.63, 3.8) is 0 Å². The lowest BCUT2D eigenvalue weighted by Crippen LogP contribution is -2.47. The van der Waals surface area contributed by atoms with Crippen molar-refractivity contribution in [3.8, 4) is 5.75 Å². The van der Waals surface area contributed by atoms with Crippen LogP contribution in [0.4, 0.5) is 10.5 Å². The van der Waals surface area contributed by atoms with E-state index in [0.29, 0.717) is 23.4 Å². The van der Waals surface area contributed by atoms with Gasteiger partial charge in [-0.15, -0.1) is 0 Å². The number of carbonyl (C=O) groups is 1. The first-order chi connectivity index (χ1) is 18.3. The van der Waals surface area contributed by atoms with E-state index in [9.17, 15) is 13.2 Å². The minimum Gasteiger partial charge on any atom is -0.497 e. The molecule has 1 heterocycles. The van der Waals surface area contributed by atoms with Gasteiger partial charge in [0.15, 0.2) is 0 Å². The molecule has 0 spiro atoms. The zero-order valence-electron chi connectivity index (χ0n) is 22.9. The molecule has 2 N–H and O–H groups in total. The highest BCUT2D eigenvalue weighted by Gasteiger charge is 2.29. The zero-order chi connectivity index (χ0) is 27.1. The number of hydrogen-bond acceptors (Lipinski definition) is 5. The van der Waals surface area contributed by atoms with Crippen molar-refractivity contribution in [3.05, 3.63) is 53.6 Å². The summed E-state index contributed by atoms with van der Waals surface area (Å²) >= 11 is 0. The summed E-state index contributed by atoms with van der Waals surface area (Å²) < 4.78 is 33.8. The van der Waals surface area contributed by atoms with Crippen molar-refractivity contribution in [1.82, 2.24) is 15.1 Å². The van der Waals surface area contributed by atoms with Gasteiger partial charge in [0.2, 0.25) is 0 Å². The molecule has 1 aliphatic heterocycles. The number of amides is 2. The smallest absolute Gasteiger partial charge is 0.317 e. The van der Waals surface area contributed by atoms with Crippen molar-refractivity contribution >= 4 is 21.7 Å². The van der Waals surface area contributed by atoms with Crippen LogP contribution in [0.2, 0.25) is 0 Å². The van der Waals surface area contributed by atoms with Crippen LogP contribution in [0.15, 0.2) is 47.4 Å². The number of likely N-dealkylation sites (tertiary alicyclic amines) is 1. The molecule has 0 bridgehead atoms. The molecule has 2 aliphatic rings. The standard InChI is InChI=1S/C29H42N4O4S/c1-4-16-30-29(34)33-17-14-22(15-18-33)21-32(5-2)26-9-7-23-6-8-25(19-24(23)20-26)31-38(35,36)28-12-10-27(37-3)11-13-28/h6,8,10-13,19,22,26,31H,4-5,7,9,14-18,20-21H2,1-3H3,(H,30,34). The second kappa shape index (κ2) is 12.8. The number of sulfonamides is 1. The van der Waals surface area contributed by atoms with Crippen molar-refractivity contribution in [2.24, 2.45) is 5.92 Å². The summed E-state index contributed by atoms with van der Waals surface area (Å²) in [5, 5.41) is 2.99. The van der Waals surface area contributed by atoms with Crippen LogP contribution in [0.1, 0.15) is 50.7 Å². The number of nitrogens with one attached hydrogen (secondary N) is 2. The second-order valence-electron chi connectivity index (χ2n) is 10.4. The molecule has 208 valence electrons. The van der Waals surface area contributed by atoms with Crippen LogP contribution in [0.3, 0.4) is 0 Å². The van der Waals surface area contributed by atoms with Gasteiger partial charge in [-0.05, 0) is 98.5 Å². The van der Waals surface area contributed by atoms with Crippen LogP contribution in [0, 0.1) is 5.92 Å². The number of likely N-dealkylation sites (N-methyl/N-ethyl adjacent to an activating group) is 1. The molecule has 2 amide bonds. The summed E-state index contributed by atoms with van der Waals surface area (Å²) in [6, 6.07) is 12.8. The van der Waals surface area contributed by atoms with Gasteiger partial charge in [0, 0.05) is 37.9 Å². The molecule has 8 nitrogen and oxygen atoms in total. The van der Waals surface area contributed by atoms with Gasteiger partial charge in [0.05, 0.1) is 12.0 Å². The van der Waals surface area contributed by atoms with Crippen molar-refractivity contribution in [2.75, 3.05) is 44.6 Å². The minimum absolute atomic E-state index is 0.0694. The van der Waals surface area contributed by atoms with E-state index in [1.807, 2.05) is 17.0 Å². The van der Waals surface area contributed by atoms with Crippen LogP contribution in [-0.2, 0) is 22.9 Å². The van der Waals surface area contributed by atoms with Crippen molar-refractivity contribution in [2.45, 2.75) is 63.3 Å². The van der Waals surface area contributed by atoms with E-state index in [0.717, 1.165) is 71.2 Å². The average Bonchev–Trinajstić information content (AvgIpc) is 2.94. The number of nitrogens with zero attached hydrogens (tertiary/aromatic N) is 2. The Hall–Kier alpha value is -2.78. The summed E-state index contributed by atoms with van der Waals surface area (Å²) in [5.74, 6) is 1.21. The number of methoxy groups -OCH3 is 1. The van der Waals surface area contributed by atoms with E-state index in [4.69, 9.17) is 4.74 Å². The molecular formula is C29H42N4O4S. The number of urea groups is 1. The topological polar surface area (TPSA) is 91.0 Å². The molecule has 2 aromatic carbocycles. The van der Waals surface area contributed by atoms with Crippen LogP contribution in [-0.4, -0.2) is 70.1 Å². The number of fused-ring (bicyclic) bond motifs is 1. The number of hydrogen-bond donors (Lipinski definition) is 2. The van der Waals surface area contributed by atoms with Gasteiger partial charge in [-0.2, -0.15) is 0 Å². The molecule has 1 unspecified atom stereocenters. The monoisotopic (exact) mass is 542 g/mol. The third-order valence-corrected chi connectivity index (χ3v) is 9.27. The predicted molar refractivity (Wildman–Crippen MR) is 151 cm³/mol. The molecule has 38 heavy (non-hydrogen) atoms. The predicted octanol–water partition coefficient (Wildman–Crippen LogP) is 4.51. The lowest BCUT2D eigenvalue weighted by Gasteiger charge is -2.39. The molecule has 4 rings (SSSR count). The number of carbonyl (C=O) groups excluding carboxylic acids is 1. The van der Waals surface area contributed by atoms with Crippen LogP contribution in [0.5, 0.6) is 5.75 Å². The molecule has 0 aromatic heterocycles. The van der Waals surface area contributed by atoms with Gasteiger partial charge in [-0.1, -0.05) is 19.9 Å². The van der Waals surface area contributed by atoms with Gasteiger partial charge in [-0.25, -0.2) is 13.2 Å². The first-order valence-electron chi connectivity index (χ1n) is 13.9. The Morgan fingerprint density at radius 1 is 1.05 bits per heavy atom. The third-order valence-electron chi connectivity index (χ3n) is 7.87. The molecule has 0 saturated carbocycles. The van der Waals surface area contributed by atoms with Gasteiger partial charge in [0.1, 0.15) is 5.75 Å². The Morgan fingerprint density at radius 2 is 1.79 bits per heavy atom. The van der Waals surface area contributed by atoms with E-state index in [1.165, 1.54) is 11.1 Å². The SMILES string of the molecule is CCCNC(=O)N1CCC(CN(CC)C2CCc3ccc(NS(=O)(=O)c4ccc(OC)cc4)cc3C2)CC1. The van der Waals surface area contributed by atoms with E-state index >= 15 is 0 Å². The summed E-state index contributed by atoms with van der Waals surface area (Å²) in [6.07, 6.45) is 6.05. The van der Waals surface area contributed by atoms with Gasteiger partial charge < -0.3 is 19.9 Å². The minimum atomic E-state index is -3.68. The Kier molecular flexibility index (Phi) is 9.54. The Morgan fingerprint density at radius 3 is 2.45 bits per heavy atom. The molecular weight excluding hydrogens is 500 g/mol.